The number of aromatic nitrogens is 1. The van der Waals surface area contributed by atoms with Crippen LogP contribution in [0.25, 0.3) is 0 Å². The molecule has 0 amide bonds. The highest BCUT2D eigenvalue weighted by Gasteiger charge is 1.97. The Bertz CT molecular complexity index is 467. The van der Waals surface area contributed by atoms with Crippen LogP contribution < -0.4 is 5.32 Å². The van der Waals surface area contributed by atoms with Gasteiger partial charge in [0.25, 0.3) is 0 Å². The van der Waals surface area contributed by atoms with Crippen LogP contribution in [0.1, 0.15) is 59.4 Å². The van der Waals surface area contributed by atoms with Crippen molar-refractivity contribution in [1.29, 1.82) is 0 Å². The maximum Gasteiger partial charge on any atom is 0.0267 e. The molecular formula is C24H40N2. The molecule has 2 heteroatoms. The summed E-state index contributed by atoms with van der Waals surface area (Å²) in [5.74, 6) is 0. The average molecular weight is 357 g/mol. The smallest absolute Gasteiger partial charge is 0.0267 e. The third-order valence-corrected chi connectivity index (χ3v) is 3.49. The molecule has 0 aliphatic heterocycles. The Hall–Kier alpha value is -1.93. The Labute approximate surface area is 162 Å². The van der Waals surface area contributed by atoms with Gasteiger partial charge in [0.15, 0.2) is 0 Å². The fraction of sp³-hybridized carbons (Fsp3) is 0.458. The van der Waals surface area contributed by atoms with Gasteiger partial charge in [-0.3, -0.25) is 4.98 Å². The largest absolute Gasteiger partial charge is 0.317 e. The fourth-order valence-corrected chi connectivity index (χ4v) is 2.17. The van der Waals surface area contributed by atoms with Crippen molar-refractivity contribution in [3.8, 4) is 0 Å². The number of rotatable bonds is 9. The van der Waals surface area contributed by atoms with Gasteiger partial charge in [-0.1, -0.05) is 76.7 Å². The second-order valence-corrected chi connectivity index (χ2v) is 5.61. The van der Waals surface area contributed by atoms with Crippen molar-refractivity contribution < 1.29 is 0 Å². The van der Waals surface area contributed by atoms with E-state index in [-0.39, 0.29) is 7.43 Å². The molecule has 0 bridgehead atoms. The highest BCUT2D eigenvalue weighted by Crippen LogP contribution is 2.11. The van der Waals surface area contributed by atoms with Gasteiger partial charge in [-0.2, -0.15) is 0 Å². The van der Waals surface area contributed by atoms with Gasteiger partial charge in [-0.05, 0) is 62.9 Å². The lowest BCUT2D eigenvalue weighted by Gasteiger charge is -2.06. The van der Waals surface area contributed by atoms with Crippen LogP contribution in [0, 0.1) is 0 Å². The molecule has 1 aromatic carbocycles. The molecule has 0 radical (unpaired) electrons. The van der Waals surface area contributed by atoms with Gasteiger partial charge in [-0.25, -0.2) is 0 Å². The minimum atomic E-state index is 0. The molecule has 2 nitrogen and oxygen atoms in total. The highest BCUT2D eigenvalue weighted by molar-refractivity contribution is 5.16. The van der Waals surface area contributed by atoms with Crippen LogP contribution >= 0.6 is 0 Å². The van der Waals surface area contributed by atoms with E-state index in [9.17, 15) is 0 Å². The number of pyridine rings is 1. The van der Waals surface area contributed by atoms with Crippen LogP contribution in [0.5, 0.6) is 0 Å². The van der Waals surface area contributed by atoms with Gasteiger partial charge in [0, 0.05) is 12.4 Å². The summed E-state index contributed by atoms with van der Waals surface area (Å²) in [5.41, 5.74) is 2.80. The second-order valence-electron chi connectivity index (χ2n) is 5.61. The lowest BCUT2D eigenvalue weighted by molar-refractivity contribution is 0.632. The summed E-state index contributed by atoms with van der Waals surface area (Å²) in [6, 6.07) is 16.4. The zero-order valence-electron chi connectivity index (χ0n) is 16.4. The number of nitrogens with one attached hydrogen (secondary N) is 1. The molecule has 2 rings (SSSR count). The summed E-state index contributed by atoms with van der Waals surface area (Å²) >= 11 is 0. The molecule has 1 heterocycles. The van der Waals surface area contributed by atoms with Crippen molar-refractivity contribution in [1.82, 2.24) is 10.3 Å². The third kappa shape index (κ3) is 16.9. The van der Waals surface area contributed by atoms with Crippen molar-refractivity contribution in [2.75, 3.05) is 13.1 Å². The molecule has 26 heavy (non-hydrogen) atoms. The zero-order valence-corrected chi connectivity index (χ0v) is 16.4. The standard InChI is InChI=1S/C16H25N.C5H5N.C2H6.CH4/c1-3-13-17-14-7-8-15(2)11-12-16-9-5-4-6-10-16;1-2-4-6-5-3-1;1-2;/h4-6,9-10,17H,2-3,7-8,11-14H2,1H3;1-5H;1-2H3;1H4. The van der Waals surface area contributed by atoms with Crippen LogP contribution in [0.3, 0.4) is 0 Å². The Kier molecular flexibility index (Phi) is 21.4. The molecule has 2 aromatic rings. The molecule has 0 saturated heterocycles. The van der Waals surface area contributed by atoms with E-state index in [0.717, 1.165) is 32.4 Å². The summed E-state index contributed by atoms with van der Waals surface area (Å²) < 4.78 is 0. The van der Waals surface area contributed by atoms with Crippen LogP contribution in [-0.2, 0) is 6.42 Å². The van der Waals surface area contributed by atoms with Crippen molar-refractivity contribution in [3.05, 3.63) is 78.6 Å². The first-order valence-electron chi connectivity index (χ1n) is 9.59. The molecule has 0 aliphatic rings. The summed E-state index contributed by atoms with van der Waals surface area (Å²) in [5, 5.41) is 3.42. The van der Waals surface area contributed by atoms with Gasteiger partial charge in [0.1, 0.15) is 0 Å². The molecule has 146 valence electrons. The van der Waals surface area contributed by atoms with Crippen LogP contribution in [-0.4, -0.2) is 18.1 Å². The number of benzene rings is 1. The van der Waals surface area contributed by atoms with E-state index in [1.54, 1.807) is 12.4 Å². The molecule has 1 aromatic heterocycles. The Morgan fingerprint density at radius 3 is 2.04 bits per heavy atom. The average Bonchev–Trinajstić information content (AvgIpc) is 2.70. The van der Waals surface area contributed by atoms with Crippen LogP contribution in [0.2, 0.25) is 0 Å². The Morgan fingerprint density at radius 2 is 1.54 bits per heavy atom. The van der Waals surface area contributed by atoms with Crippen LogP contribution in [0.4, 0.5) is 0 Å². The van der Waals surface area contributed by atoms with Crippen molar-refractivity contribution in [2.24, 2.45) is 0 Å². The van der Waals surface area contributed by atoms with Crippen molar-refractivity contribution >= 4 is 0 Å². The molecule has 0 unspecified atom stereocenters. The van der Waals surface area contributed by atoms with Gasteiger partial charge < -0.3 is 5.32 Å². The first-order chi connectivity index (χ1) is 12.3. The van der Waals surface area contributed by atoms with E-state index in [0.29, 0.717) is 0 Å². The van der Waals surface area contributed by atoms with Crippen LogP contribution in [0.15, 0.2) is 73.1 Å². The topological polar surface area (TPSA) is 24.9 Å². The number of hydrogen-bond donors (Lipinski definition) is 1. The van der Waals surface area contributed by atoms with E-state index >= 15 is 0 Å². The molecule has 1 N–H and O–H groups in total. The van der Waals surface area contributed by atoms with Gasteiger partial charge in [0.05, 0.1) is 0 Å². The Morgan fingerprint density at radius 1 is 0.923 bits per heavy atom. The van der Waals surface area contributed by atoms with Gasteiger partial charge >= 0.3 is 0 Å². The summed E-state index contributed by atoms with van der Waals surface area (Å²) in [4.78, 5) is 3.78. The highest BCUT2D eigenvalue weighted by atomic mass is 14.8. The van der Waals surface area contributed by atoms with Crippen molar-refractivity contribution in [2.45, 2.75) is 60.3 Å². The predicted molar refractivity (Wildman–Crippen MR) is 119 cm³/mol. The molecule has 0 atom stereocenters. The predicted octanol–water partition coefficient (Wildman–Crippen LogP) is 6.70. The maximum absolute atomic E-state index is 4.16. The lowest BCUT2D eigenvalue weighted by atomic mass is 10.0. The molecule has 0 aliphatic carbocycles. The van der Waals surface area contributed by atoms with Crippen molar-refractivity contribution in [3.63, 3.8) is 0 Å². The van der Waals surface area contributed by atoms with Gasteiger partial charge in [-0.15, -0.1) is 0 Å². The van der Waals surface area contributed by atoms with E-state index in [2.05, 4.69) is 54.1 Å². The molecule has 0 saturated carbocycles. The minimum Gasteiger partial charge on any atom is -0.317 e. The maximum atomic E-state index is 4.16. The number of hydrogen-bond acceptors (Lipinski definition) is 2. The van der Waals surface area contributed by atoms with Gasteiger partial charge in [0.2, 0.25) is 0 Å². The first kappa shape index (κ1) is 26.3. The van der Waals surface area contributed by atoms with E-state index < -0.39 is 0 Å². The normalized spacial score (nSPS) is 8.88. The third-order valence-electron chi connectivity index (χ3n) is 3.49. The summed E-state index contributed by atoms with van der Waals surface area (Å²) in [6.07, 6.45) is 9.34. The zero-order chi connectivity index (χ0) is 18.6. The summed E-state index contributed by atoms with van der Waals surface area (Å²) in [6.45, 7) is 12.6. The van der Waals surface area contributed by atoms with E-state index in [1.165, 1.54) is 24.0 Å². The summed E-state index contributed by atoms with van der Waals surface area (Å²) in [7, 11) is 0. The fourth-order valence-electron chi connectivity index (χ4n) is 2.17. The molecular weight excluding hydrogens is 316 g/mol. The lowest BCUT2D eigenvalue weighted by Crippen LogP contribution is -2.15. The SMILES string of the molecule is C.C=C(CCCNCCC)CCc1ccccc1.CC.c1ccncc1. The van der Waals surface area contributed by atoms with E-state index in [4.69, 9.17) is 0 Å². The second kappa shape index (κ2) is 21.1. The number of allylic oxidation sites excluding steroid dienone is 1. The van der Waals surface area contributed by atoms with E-state index in [1.807, 2.05) is 32.0 Å². The number of aryl methyl sites for hydroxylation is 1. The number of nitrogens with zero attached hydrogens (tertiary/aromatic N) is 1. The monoisotopic (exact) mass is 356 g/mol. The minimum absolute atomic E-state index is 0. The Balaban J connectivity index is 0. The first-order valence-corrected chi connectivity index (χ1v) is 9.59. The quantitative estimate of drug-likeness (QED) is 0.399. The molecule has 0 fully saturated rings. The molecule has 0 spiro atoms.